The van der Waals surface area contributed by atoms with Crippen LogP contribution in [0.15, 0.2) is 238 Å². The minimum atomic E-state index is -1.62. The molecule has 23 rings (SSSR count). The van der Waals surface area contributed by atoms with E-state index in [4.69, 9.17) is 57.7 Å². The van der Waals surface area contributed by atoms with Gasteiger partial charge in [0.15, 0.2) is 0 Å². The third-order valence-corrected chi connectivity index (χ3v) is 27.8. The molecule has 149 heavy (non-hydrogen) atoms. The molecule has 0 aliphatic carbocycles. The van der Waals surface area contributed by atoms with Gasteiger partial charge in [-0.1, -0.05) is 109 Å². The number of morpholine rings is 5. The van der Waals surface area contributed by atoms with Gasteiger partial charge in [-0.3, -0.25) is 33.6 Å². The van der Waals surface area contributed by atoms with Crippen LogP contribution in [0.5, 0.6) is 23.0 Å². The Bertz CT molecular complexity index is 7420. The zero-order valence-corrected chi connectivity index (χ0v) is 87.2. The van der Waals surface area contributed by atoms with Crippen molar-refractivity contribution in [3.05, 3.63) is 295 Å². The van der Waals surface area contributed by atoms with Gasteiger partial charge in [0.05, 0.1) is 122 Å². The molecule has 5 saturated heterocycles. The predicted octanol–water partition coefficient (Wildman–Crippen LogP) is 12.9. The highest BCUT2D eigenvalue weighted by atomic mass is 79.9. The van der Waals surface area contributed by atoms with E-state index in [1.54, 1.807) is 96.6 Å². The summed E-state index contributed by atoms with van der Waals surface area (Å²) in [6.45, 7) is 18.0. The van der Waals surface area contributed by atoms with Gasteiger partial charge >= 0.3 is 13.1 Å². The van der Waals surface area contributed by atoms with E-state index < -0.39 is 13.1 Å². The van der Waals surface area contributed by atoms with Crippen molar-refractivity contribution < 1.29 is 96.1 Å². The van der Waals surface area contributed by atoms with Crippen LogP contribution in [0.3, 0.4) is 0 Å². The van der Waals surface area contributed by atoms with Crippen LogP contribution in [0.4, 0.5) is 0 Å². The molecule has 0 spiro atoms. The molecule has 15 aromatic rings. The van der Waals surface area contributed by atoms with Crippen molar-refractivity contribution in [1.82, 2.24) is 78.7 Å². The fourth-order valence-corrected chi connectivity index (χ4v) is 19.5. The van der Waals surface area contributed by atoms with Gasteiger partial charge in [0.1, 0.15) is 68.5 Å². The minimum Gasteiger partial charge on any atom is -0.497 e. The lowest BCUT2D eigenvalue weighted by molar-refractivity contribution is 0.0298. The number of amides is 7. The largest absolute Gasteiger partial charge is 0.497 e. The van der Waals surface area contributed by atoms with E-state index in [1.165, 1.54) is 6.07 Å². The summed E-state index contributed by atoms with van der Waals surface area (Å²) in [5.41, 5.74) is 13.0. The number of aromatic nitrogens is 8. The summed E-state index contributed by atoms with van der Waals surface area (Å²) in [5.74, 6) is 1.43. The van der Waals surface area contributed by atoms with Crippen LogP contribution in [0.1, 0.15) is 95.0 Å². The number of methoxy groups -OCH3 is 4. The molecule has 0 radical (unpaired) electrons. The van der Waals surface area contributed by atoms with E-state index in [1.807, 2.05) is 194 Å². The first kappa shape index (κ1) is 106. The number of carboxylic acids is 1. The molecule has 40 heteroatoms. The van der Waals surface area contributed by atoms with Gasteiger partial charge < -0.3 is 112 Å². The summed E-state index contributed by atoms with van der Waals surface area (Å²) in [5, 5.41) is 38.2. The van der Waals surface area contributed by atoms with Crippen LogP contribution in [-0.2, 0) is 56.4 Å². The molecular formula is C109H110BBr3N16O20. The van der Waals surface area contributed by atoms with Gasteiger partial charge in [-0.2, -0.15) is 0 Å². The Morgan fingerprint density at radius 2 is 0.718 bits per heavy atom. The second-order valence-corrected chi connectivity index (χ2v) is 38.0. The van der Waals surface area contributed by atoms with Crippen LogP contribution in [0.25, 0.3) is 76.8 Å². The average Bonchev–Trinajstić information content (AvgIpc) is 1.64. The number of hydrogen-bond acceptors (Lipinski definition) is 25. The molecule has 7 aromatic carbocycles. The molecule has 8 aromatic heterocycles. The first-order chi connectivity index (χ1) is 72.5. The number of hydrogen-bond donors (Lipinski definition) is 5. The number of nitrogens with zero attached hydrogens (tertiary/aromatic N) is 14. The standard InChI is InChI=1S/C30H30N4O5.C21H20N4O3.C16H17BrN2O3.C14H15BN2O4.C14H13BrN2O2.C10H6BrNO2.C4H9NO/c1-37-23-8-6-21(27(17-23)38-2)18-34-11-10-33-19-22(16-26(33)30(34)36)24-5-3-4-20-7-9-25(31-28(20)24)29(35)32-12-14-39-15-13-32;26-20-18-12-15(13-25(18)7-6-22-20)16-3-1-2-14-4-5-17(23-19(14)16)21(27)24-8-10-28-11-9-24;1-21-13-4-3-11(15(8-13)22-2)9-19-6-5-18-10-12(17)7-14(18)16(19)20;18-14(17-6-8-21-9-7-17)12-5-4-10-2-1-3-11(15(19)20)13(10)16-12;15-11-3-1-2-10-4-5-12(16-13(10)11)14(18)17-6-8-19-9-7-17;11-7-3-1-2-6-4-5-8(10(13)14)12-9(6)7;1-3-6-4-2-5-1/h3-9,16-17,19H,10-15,18H2,1-2H3;1-5,12-13H,6-11H2,(H,22,26);3-4,7-8,10H,5-6,9H2,1-2H3;1-5,19-20H,6-9H2;1-5H,6-9H2;1-5H,(H,13,14);5H,1-4H2. The molecule has 770 valence electrons. The van der Waals surface area contributed by atoms with E-state index >= 15 is 0 Å². The molecule has 8 aliphatic rings. The van der Waals surface area contributed by atoms with Gasteiger partial charge in [0.25, 0.3) is 41.4 Å². The van der Waals surface area contributed by atoms with Crippen molar-refractivity contribution >= 4 is 162 Å². The number of halogens is 3. The lowest BCUT2D eigenvalue weighted by Gasteiger charge is -2.29. The Morgan fingerprint density at radius 1 is 0.362 bits per heavy atom. The maximum Gasteiger partial charge on any atom is 0.490 e. The molecule has 0 saturated carbocycles. The molecule has 7 amide bonds. The first-order valence-corrected chi connectivity index (χ1v) is 51.1. The van der Waals surface area contributed by atoms with Gasteiger partial charge in [0.2, 0.25) is 0 Å². The van der Waals surface area contributed by atoms with Crippen molar-refractivity contribution in [2.75, 3.05) is 180 Å². The zero-order chi connectivity index (χ0) is 104. The first-order valence-electron chi connectivity index (χ1n) is 48.7. The van der Waals surface area contributed by atoms with Crippen molar-refractivity contribution in [3.63, 3.8) is 0 Å². The van der Waals surface area contributed by atoms with E-state index in [0.29, 0.717) is 212 Å². The smallest absolute Gasteiger partial charge is 0.490 e. The number of carboxylic acid groups (broad SMARTS) is 1. The fraction of sp³-hybridized carbons (Fsp3) is 0.294. The summed E-state index contributed by atoms with van der Waals surface area (Å²) in [4.78, 5) is 133. The number of rotatable bonds is 16. The third-order valence-electron chi connectivity index (χ3n) is 26.0. The maximum absolute atomic E-state index is 13.5. The number of nitrogens with one attached hydrogen (secondary N) is 2. The summed E-state index contributed by atoms with van der Waals surface area (Å²) in [7, 11) is 4.86. The van der Waals surface area contributed by atoms with Crippen LogP contribution < -0.4 is 35.0 Å². The Labute approximate surface area is 883 Å². The van der Waals surface area contributed by atoms with Gasteiger partial charge in [-0.15, -0.1) is 0 Å². The predicted molar refractivity (Wildman–Crippen MR) is 571 cm³/mol. The second kappa shape index (κ2) is 50.1. The van der Waals surface area contributed by atoms with Crippen LogP contribution in [-0.4, -0.2) is 317 Å². The Kier molecular flexibility index (Phi) is 35.6. The number of carbonyl (C=O) groups excluding carboxylic acids is 7. The number of pyridine rings is 5. The van der Waals surface area contributed by atoms with E-state index in [9.17, 15) is 48.4 Å². The monoisotopic (exact) mass is 2210 g/mol. The van der Waals surface area contributed by atoms with Crippen LogP contribution >= 0.6 is 47.8 Å². The molecular weight excluding hydrogens is 2100 g/mol. The van der Waals surface area contributed by atoms with E-state index in [2.05, 4.69) is 73.4 Å². The van der Waals surface area contributed by atoms with Crippen molar-refractivity contribution in [2.45, 2.75) is 32.7 Å². The van der Waals surface area contributed by atoms with Crippen LogP contribution in [0, 0.1) is 0 Å². The molecule has 36 nitrogen and oxygen atoms in total. The summed E-state index contributed by atoms with van der Waals surface area (Å²) in [6.07, 6.45) is 5.94. The number of para-hydroxylation sites is 5. The third kappa shape index (κ3) is 25.6. The van der Waals surface area contributed by atoms with E-state index in [-0.39, 0.29) is 47.0 Å². The topological polar surface area (TPSA) is 403 Å². The maximum atomic E-state index is 13.5. The van der Waals surface area contributed by atoms with E-state index in [0.717, 1.165) is 141 Å². The quantitative estimate of drug-likeness (QED) is 0.0561. The zero-order valence-electron chi connectivity index (χ0n) is 82.4. The SMILES string of the molecule is C1COCCN1.COc1ccc(CN2CCn3cc(-c4cccc5ccc(C(=O)N6CCOCC6)nc45)cc3C2=O)c(OC)c1.COc1ccc(CN2CCn3cc(Br)cc3C2=O)c(OC)c1.O=C(O)c1ccc2cccc(Br)c2n1.O=C(c1ccc2cccc(B(O)O)c2n1)N1CCOCC1.O=C(c1ccc2cccc(Br)c2n1)N1CCOCC1.O=C1NCCn2cc(-c3cccc4ccc(C(=O)N5CCOCC5)nc34)cc21. The Morgan fingerprint density at radius 3 is 1.11 bits per heavy atom. The lowest BCUT2D eigenvalue weighted by Crippen LogP contribution is -2.41. The van der Waals surface area contributed by atoms with Gasteiger partial charge in [-0.05, 0) is 138 Å². The van der Waals surface area contributed by atoms with Crippen molar-refractivity contribution in [2.24, 2.45) is 0 Å². The normalized spacial score (nSPS) is 15.3. The molecule has 5 N–H and O–H groups in total. The Hall–Kier alpha value is -14.4. The second-order valence-electron chi connectivity index (χ2n) is 35.4. The number of aromatic carboxylic acids is 1. The highest BCUT2D eigenvalue weighted by molar-refractivity contribution is 9.11. The highest BCUT2D eigenvalue weighted by Crippen LogP contribution is 2.37. The van der Waals surface area contributed by atoms with Crippen molar-refractivity contribution in [1.29, 1.82) is 0 Å². The number of carbonyl (C=O) groups is 8. The Balaban J connectivity index is 0.000000124. The molecule has 16 heterocycles. The summed E-state index contributed by atoms with van der Waals surface area (Å²) < 4.78 is 56.2. The molecule has 5 fully saturated rings. The minimum absolute atomic E-state index is 0.0269. The number of fused-ring (bicyclic) bond motifs is 8. The number of benzene rings is 7. The fourth-order valence-electron chi connectivity index (χ4n) is 18.1. The van der Waals surface area contributed by atoms with Crippen molar-refractivity contribution in [3.8, 4) is 45.3 Å². The highest BCUT2D eigenvalue weighted by Gasteiger charge is 2.33. The van der Waals surface area contributed by atoms with Crippen LogP contribution in [0.2, 0.25) is 0 Å². The molecule has 0 unspecified atom stereocenters. The lowest BCUT2D eigenvalue weighted by atomic mass is 9.79. The van der Waals surface area contributed by atoms with Gasteiger partial charge in [-0.25, -0.2) is 29.7 Å². The molecule has 8 aliphatic heterocycles. The summed E-state index contributed by atoms with van der Waals surface area (Å²) >= 11 is 10.2. The average molecular weight is 2210 g/mol. The van der Waals surface area contributed by atoms with Gasteiger partial charge in [0, 0.05) is 222 Å². The number of ether oxygens (including phenoxy) is 9. The molecule has 0 bridgehead atoms. The molecule has 0 atom stereocenters. The summed E-state index contributed by atoms with van der Waals surface area (Å²) in [6, 6.07) is 63.3.